The van der Waals surface area contributed by atoms with Crippen molar-refractivity contribution in [3.63, 3.8) is 0 Å². The summed E-state index contributed by atoms with van der Waals surface area (Å²) in [5, 5.41) is 20.3. The molecule has 0 N–H and O–H groups in total. The summed E-state index contributed by atoms with van der Waals surface area (Å²) >= 11 is 6.50. The topological polar surface area (TPSA) is 80.3 Å². The Morgan fingerprint density at radius 3 is 1.17 bits per heavy atom. The third-order valence-corrected chi connectivity index (χ3v) is 3.58. The molecule has 0 amide bonds. The predicted octanol–water partition coefficient (Wildman–Crippen LogP) is 1.48. The van der Waals surface area contributed by atoms with Crippen LogP contribution in [0.25, 0.3) is 0 Å². The smallest absolute Gasteiger partial charge is 0.550 e. The van der Waals surface area contributed by atoms with Crippen molar-refractivity contribution in [2.75, 3.05) is 0 Å². The summed E-state index contributed by atoms with van der Waals surface area (Å²) in [6, 6.07) is 14.2. The number of rotatable bonds is 4. The maximum absolute atomic E-state index is 10.1. The van der Waals surface area contributed by atoms with Gasteiger partial charge in [0.2, 0.25) is 0 Å². The van der Waals surface area contributed by atoms with Crippen LogP contribution < -0.4 is 10.2 Å². The SMILES string of the molecule is O=C([O-])Cc1ccc(Br)cc1.O=C([O-])Cc1ccc(Br)cc1.[Hg+2]. The first-order chi connectivity index (χ1) is 10.4. The van der Waals surface area contributed by atoms with E-state index in [0.29, 0.717) is 0 Å². The first kappa shape index (κ1) is 22.3. The summed E-state index contributed by atoms with van der Waals surface area (Å²) in [4.78, 5) is 20.3. The van der Waals surface area contributed by atoms with Crippen LogP contribution in [0.1, 0.15) is 11.1 Å². The number of hydrogen-bond acceptors (Lipinski definition) is 4. The van der Waals surface area contributed by atoms with Crippen LogP contribution in [0.5, 0.6) is 0 Å². The van der Waals surface area contributed by atoms with Gasteiger partial charge in [0.25, 0.3) is 0 Å². The third-order valence-electron chi connectivity index (χ3n) is 2.52. The third kappa shape index (κ3) is 10.6. The molecule has 0 aromatic heterocycles. The summed E-state index contributed by atoms with van der Waals surface area (Å²) < 4.78 is 1.89. The molecule has 23 heavy (non-hydrogen) atoms. The first-order valence-corrected chi connectivity index (χ1v) is 7.84. The van der Waals surface area contributed by atoms with Crippen LogP contribution in [0.15, 0.2) is 57.5 Å². The van der Waals surface area contributed by atoms with Crippen LogP contribution in [0.2, 0.25) is 0 Å². The largest absolute Gasteiger partial charge is 2.00 e. The number of carboxylic acid groups (broad SMARTS) is 2. The zero-order chi connectivity index (χ0) is 16.5. The van der Waals surface area contributed by atoms with E-state index in [1.165, 1.54) is 0 Å². The van der Waals surface area contributed by atoms with E-state index in [4.69, 9.17) is 0 Å². The predicted molar refractivity (Wildman–Crippen MR) is 85.7 cm³/mol. The van der Waals surface area contributed by atoms with Crippen molar-refractivity contribution < 1.29 is 47.5 Å². The van der Waals surface area contributed by atoms with Crippen LogP contribution in [0, 0.1) is 0 Å². The molecule has 0 spiro atoms. The van der Waals surface area contributed by atoms with E-state index >= 15 is 0 Å². The summed E-state index contributed by atoms with van der Waals surface area (Å²) in [5.41, 5.74) is 1.52. The van der Waals surface area contributed by atoms with Crippen molar-refractivity contribution >= 4 is 43.8 Å². The Kier molecular flexibility index (Phi) is 11.4. The monoisotopic (exact) mass is 628 g/mol. The van der Waals surface area contributed by atoms with Crippen LogP contribution in [0.3, 0.4) is 0 Å². The Labute approximate surface area is 171 Å². The Morgan fingerprint density at radius 1 is 0.696 bits per heavy atom. The second-order valence-corrected chi connectivity index (χ2v) is 6.18. The van der Waals surface area contributed by atoms with Crippen LogP contribution in [-0.4, -0.2) is 11.9 Å². The number of carbonyl (C=O) groups excluding carboxylic acids is 2. The molecule has 4 nitrogen and oxygen atoms in total. The summed E-state index contributed by atoms with van der Waals surface area (Å²) in [6.45, 7) is 0. The molecule has 2 aromatic carbocycles. The van der Waals surface area contributed by atoms with Gasteiger partial charge in [0, 0.05) is 33.7 Å². The molecule has 0 aliphatic rings. The summed E-state index contributed by atoms with van der Waals surface area (Å²) in [7, 11) is 0. The van der Waals surface area contributed by atoms with Crippen molar-refractivity contribution in [1.82, 2.24) is 0 Å². The van der Waals surface area contributed by atoms with Crippen molar-refractivity contribution in [3.05, 3.63) is 68.6 Å². The van der Waals surface area contributed by atoms with Crippen LogP contribution in [0.4, 0.5) is 0 Å². The Morgan fingerprint density at radius 2 is 0.957 bits per heavy atom. The van der Waals surface area contributed by atoms with E-state index in [2.05, 4.69) is 31.9 Å². The van der Waals surface area contributed by atoms with Crippen molar-refractivity contribution in [1.29, 1.82) is 0 Å². The van der Waals surface area contributed by atoms with Gasteiger partial charge in [-0.2, -0.15) is 0 Å². The van der Waals surface area contributed by atoms with Gasteiger partial charge in [-0.3, -0.25) is 0 Å². The van der Waals surface area contributed by atoms with Crippen LogP contribution in [-0.2, 0) is 50.1 Å². The molecule has 116 valence electrons. The van der Waals surface area contributed by atoms with E-state index in [1.54, 1.807) is 48.5 Å². The van der Waals surface area contributed by atoms with Gasteiger partial charge in [0.05, 0.1) is 0 Å². The number of carbonyl (C=O) groups is 2. The minimum atomic E-state index is -1.05. The van der Waals surface area contributed by atoms with Gasteiger partial charge in [0.1, 0.15) is 0 Å². The molecule has 0 saturated heterocycles. The maximum atomic E-state index is 10.1. The molecule has 2 aromatic rings. The molecule has 0 fully saturated rings. The van der Waals surface area contributed by atoms with E-state index in [1.807, 2.05) is 0 Å². The molecule has 0 bridgehead atoms. The minimum Gasteiger partial charge on any atom is -0.550 e. The molecule has 7 heteroatoms. The van der Waals surface area contributed by atoms with Crippen molar-refractivity contribution in [2.24, 2.45) is 0 Å². The molecule has 0 aliphatic heterocycles. The number of halogens is 2. The average Bonchev–Trinajstić information content (AvgIpc) is 2.44. The number of carboxylic acids is 2. The maximum Gasteiger partial charge on any atom is 2.00 e. The van der Waals surface area contributed by atoms with E-state index in [-0.39, 0.29) is 40.5 Å². The quantitative estimate of drug-likeness (QED) is 0.481. The Bertz CT molecular complexity index is 570. The van der Waals surface area contributed by atoms with Gasteiger partial charge in [-0.1, -0.05) is 56.1 Å². The zero-order valence-electron chi connectivity index (χ0n) is 12.1. The van der Waals surface area contributed by atoms with Gasteiger partial charge >= 0.3 is 27.7 Å². The second kappa shape index (κ2) is 11.8. The van der Waals surface area contributed by atoms with E-state index < -0.39 is 11.9 Å². The fourth-order valence-electron chi connectivity index (χ4n) is 1.54. The first-order valence-electron chi connectivity index (χ1n) is 6.25. The second-order valence-electron chi connectivity index (χ2n) is 4.35. The number of hydrogen-bond donors (Lipinski definition) is 0. The van der Waals surface area contributed by atoms with E-state index in [9.17, 15) is 19.8 Å². The fourth-order valence-corrected chi connectivity index (χ4v) is 2.07. The molecule has 0 unspecified atom stereocenters. The van der Waals surface area contributed by atoms with Crippen molar-refractivity contribution in [3.8, 4) is 0 Å². The van der Waals surface area contributed by atoms with Gasteiger partial charge in [-0.05, 0) is 35.4 Å². The average molecular weight is 629 g/mol. The minimum absolute atomic E-state index is 0. The van der Waals surface area contributed by atoms with E-state index in [0.717, 1.165) is 20.1 Å². The molecule has 0 atom stereocenters. The molecule has 0 radical (unpaired) electrons. The normalized spacial score (nSPS) is 9.13. The number of benzene rings is 2. The van der Waals surface area contributed by atoms with Crippen LogP contribution >= 0.6 is 31.9 Å². The summed E-state index contributed by atoms with van der Waals surface area (Å²) in [6.07, 6.45) is -0.0411. The molecule has 0 heterocycles. The van der Waals surface area contributed by atoms with Gasteiger partial charge in [-0.15, -0.1) is 0 Å². The van der Waals surface area contributed by atoms with Gasteiger partial charge < -0.3 is 19.8 Å². The standard InChI is InChI=1S/2C8H7BrO2.Hg/c2*9-7-3-1-6(2-4-7)5-8(10)11;/h2*1-4H,5H2,(H,10,11);/q;;+2/p-2. The van der Waals surface area contributed by atoms with Crippen molar-refractivity contribution in [2.45, 2.75) is 12.8 Å². The fraction of sp³-hybridized carbons (Fsp3) is 0.125. The number of aliphatic carboxylic acids is 2. The molecule has 0 saturated carbocycles. The Balaban J connectivity index is 0.000000403. The Hall–Kier alpha value is -0.725. The molecule has 0 aliphatic carbocycles. The molecular weight excluding hydrogens is 617 g/mol. The molecular formula is C16H12Br2HgO4. The summed E-state index contributed by atoms with van der Waals surface area (Å²) in [5.74, 6) is -2.10. The van der Waals surface area contributed by atoms with Gasteiger partial charge in [0.15, 0.2) is 0 Å². The zero-order valence-corrected chi connectivity index (χ0v) is 20.8. The molecule has 2 rings (SSSR count). The van der Waals surface area contributed by atoms with Gasteiger partial charge in [-0.25, -0.2) is 0 Å².